The van der Waals surface area contributed by atoms with E-state index in [-0.39, 0.29) is 5.91 Å². The molecule has 1 atom stereocenters. The zero-order chi connectivity index (χ0) is 14.3. The van der Waals surface area contributed by atoms with Gasteiger partial charge in [-0.15, -0.1) is 0 Å². The number of hydrogen-bond donors (Lipinski definition) is 2. The second kappa shape index (κ2) is 7.39. The van der Waals surface area contributed by atoms with E-state index in [1.807, 2.05) is 19.1 Å². The molecular formula is C14H19N3O2. The molecular weight excluding hydrogens is 242 g/mol. The van der Waals surface area contributed by atoms with Crippen molar-refractivity contribution >= 4 is 11.6 Å². The van der Waals surface area contributed by atoms with Gasteiger partial charge in [-0.25, -0.2) is 0 Å². The molecule has 5 nitrogen and oxygen atoms in total. The van der Waals surface area contributed by atoms with E-state index in [0.717, 1.165) is 5.56 Å². The fourth-order valence-electron chi connectivity index (χ4n) is 1.60. The molecule has 0 fully saturated rings. The maximum atomic E-state index is 11.8. The van der Waals surface area contributed by atoms with E-state index in [1.54, 1.807) is 20.1 Å². The highest BCUT2D eigenvalue weighted by molar-refractivity contribution is 5.84. The van der Waals surface area contributed by atoms with Gasteiger partial charge in [0.2, 0.25) is 5.91 Å². The Hall–Kier alpha value is -2.06. The van der Waals surface area contributed by atoms with Crippen LogP contribution in [0.15, 0.2) is 18.2 Å². The highest BCUT2D eigenvalue weighted by Gasteiger charge is 2.13. The smallest absolute Gasteiger partial charge is 0.242 e. The number of rotatable bonds is 6. The average Bonchev–Trinajstić information content (AvgIpc) is 2.40. The first-order valence-electron chi connectivity index (χ1n) is 6.12. The number of hydrogen-bond acceptors (Lipinski definition) is 4. The number of aryl methyl sites for hydroxylation is 1. The lowest BCUT2D eigenvalue weighted by atomic mass is 10.1. The van der Waals surface area contributed by atoms with Gasteiger partial charge in [0.1, 0.15) is 12.1 Å². The maximum Gasteiger partial charge on any atom is 0.242 e. The van der Waals surface area contributed by atoms with Crippen molar-refractivity contribution in [2.24, 2.45) is 0 Å². The Morgan fingerprint density at radius 1 is 1.53 bits per heavy atom. The fourth-order valence-corrected chi connectivity index (χ4v) is 1.60. The van der Waals surface area contributed by atoms with Crippen molar-refractivity contribution in [3.05, 3.63) is 29.3 Å². The number of carbonyl (C=O) groups excluding carboxylic acids is 1. The van der Waals surface area contributed by atoms with E-state index in [0.29, 0.717) is 24.4 Å². The standard InChI is InChI=1S/C14H19N3O2/c1-10-4-5-13(12(8-10)9-15)17-11(2)14(18)16-6-7-19-3/h4-5,8,11,17H,6-7H2,1-3H3,(H,16,18). The van der Waals surface area contributed by atoms with Gasteiger partial charge >= 0.3 is 0 Å². The van der Waals surface area contributed by atoms with Crippen LogP contribution < -0.4 is 10.6 Å². The van der Waals surface area contributed by atoms with Crippen LogP contribution in [0.5, 0.6) is 0 Å². The number of methoxy groups -OCH3 is 1. The second-order valence-electron chi connectivity index (χ2n) is 4.31. The van der Waals surface area contributed by atoms with Crippen molar-refractivity contribution in [2.75, 3.05) is 25.6 Å². The first kappa shape index (κ1) is 15.0. The fraction of sp³-hybridized carbons (Fsp3) is 0.429. The number of amides is 1. The molecule has 1 aromatic rings. The molecule has 0 radical (unpaired) electrons. The Kier molecular flexibility index (Phi) is 5.83. The Morgan fingerprint density at radius 2 is 2.26 bits per heavy atom. The van der Waals surface area contributed by atoms with Crippen LogP contribution in [0.3, 0.4) is 0 Å². The summed E-state index contributed by atoms with van der Waals surface area (Å²) in [4.78, 5) is 11.8. The molecule has 1 unspecified atom stereocenters. The van der Waals surface area contributed by atoms with Gasteiger partial charge in [0.25, 0.3) is 0 Å². The summed E-state index contributed by atoms with van der Waals surface area (Å²) < 4.78 is 4.86. The maximum absolute atomic E-state index is 11.8. The Bertz CT molecular complexity index is 480. The van der Waals surface area contributed by atoms with E-state index < -0.39 is 6.04 Å². The number of benzene rings is 1. The van der Waals surface area contributed by atoms with Gasteiger partial charge in [-0.3, -0.25) is 4.79 Å². The molecule has 1 rings (SSSR count). The minimum atomic E-state index is -0.410. The normalized spacial score (nSPS) is 11.5. The van der Waals surface area contributed by atoms with Gasteiger partial charge in [-0.1, -0.05) is 6.07 Å². The van der Waals surface area contributed by atoms with Crippen LogP contribution >= 0.6 is 0 Å². The van der Waals surface area contributed by atoms with Gasteiger partial charge < -0.3 is 15.4 Å². The molecule has 2 N–H and O–H groups in total. The van der Waals surface area contributed by atoms with E-state index in [1.165, 1.54) is 0 Å². The number of nitrogens with one attached hydrogen (secondary N) is 2. The van der Waals surface area contributed by atoms with Crippen molar-refractivity contribution < 1.29 is 9.53 Å². The Balaban J connectivity index is 2.64. The SMILES string of the molecule is COCCNC(=O)C(C)Nc1ccc(C)cc1C#N. The van der Waals surface area contributed by atoms with Crippen LogP contribution in [-0.2, 0) is 9.53 Å². The molecule has 0 bridgehead atoms. The van der Waals surface area contributed by atoms with Gasteiger partial charge in [0, 0.05) is 13.7 Å². The highest BCUT2D eigenvalue weighted by Crippen LogP contribution is 2.17. The summed E-state index contributed by atoms with van der Waals surface area (Å²) in [6, 6.07) is 7.21. The largest absolute Gasteiger partial charge is 0.383 e. The molecule has 0 saturated carbocycles. The van der Waals surface area contributed by atoms with E-state index in [9.17, 15) is 4.79 Å². The number of nitrogens with zero attached hydrogens (tertiary/aromatic N) is 1. The highest BCUT2D eigenvalue weighted by atomic mass is 16.5. The first-order valence-corrected chi connectivity index (χ1v) is 6.12. The Labute approximate surface area is 113 Å². The molecule has 0 aromatic heterocycles. The van der Waals surface area contributed by atoms with Crippen molar-refractivity contribution in [3.63, 3.8) is 0 Å². The van der Waals surface area contributed by atoms with Gasteiger partial charge in [-0.05, 0) is 31.5 Å². The quantitative estimate of drug-likeness (QED) is 0.760. The van der Waals surface area contributed by atoms with E-state index in [2.05, 4.69) is 16.7 Å². The lowest BCUT2D eigenvalue weighted by Crippen LogP contribution is -2.39. The third kappa shape index (κ3) is 4.60. The van der Waals surface area contributed by atoms with Crippen LogP contribution in [0, 0.1) is 18.3 Å². The van der Waals surface area contributed by atoms with E-state index in [4.69, 9.17) is 10.00 Å². The zero-order valence-corrected chi connectivity index (χ0v) is 11.5. The molecule has 1 amide bonds. The van der Waals surface area contributed by atoms with Crippen molar-refractivity contribution in [1.29, 1.82) is 5.26 Å². The topological polar surface area (TPSA) is 74.2 Å². The lowest BCUT2D eigenvalue weighted by Gasteiger charge is -2.16. The third-order valence-electron chi connectivity index (χ3n) is 2.67. The molecule has 19 heavy (non-hydrogen) atoms. The van der Waals surface area contributed by atoms with Gasteiger partial charge in [-0.2, -0.15) is 5.26 Å². The predicted molar refractivity (Wildman–Crippen MR) is 73.9 cm³/mol. The molecule has 102 valence electrons. The van der Waals surface area contributed by atoms with Crippen LogP contribution in [-0.4, -0.2) is 32.2 Å². The van der Waals surface area contributed by atoms with Crippen molar-refractivity contribution in [1.82, 2.24) is 5.32 Å². The number of anilines is 1. The van der Waals surface area contributed by atoms with Crippen LogP contribution in [0.25, 0.3) is 0 Å². The summed E-state index contributed by atoms with van der Waals surface area (Å²) in [6.07, 6.45) is 0. The summed E-state index contributed by atoms with van der Waals surface area (Å²) in [5.41, 5.74) is 2.22. The zero-order valence-electron chi connectivity index (χ0n) is 11.5. The Morgan fingerprint density at radius 3 is 2.89 bits per heavy atom. The van der Waals surface area contributed by atoms with Crippen molar-refractivity contribution in [2.45, 2.75) is 19.9 Å². The molecule has 0 aliphatic carbocycles. The molecule has 0 aliphatic heterocycles. The van der Waals surface area contributed by atoms with Crippen molar-refractivity contribution in [3.8, 4) is 6.07 Å². The van der Waals surface area contributed by atoms with E-state index >= 15 is 0 Å². The molecule has 0 saturated heterocycles. The summed E-state index contributed by atoms with van der Waals surface area (Å²) >= 11 is 0. The molecule has 1 aromatic carbocycles. The molecule has 0 heterocycles. The average molecular weight is 261 g/mol. The summed E-state index contributed by atoms with van der Waals surface area (Å²) in [6.45, 7) is 4.63. The third-order valence-corrected chi connectivity index (χ3v) is 2.67. The second-order valence-corrected chi connectivity index (χ2v) is 4.31. The number of nitriles is 1. The minimum Gasteiger partial charge on any atom is -0.383 e. The van der Waals surface area contributed by atoms with Crippen LogP contribution in [0.4, 0.5) is 5.69 Å². The molecule has 0 spiro atoms. The predicted octanol–water partition coefficient (Wildman–Crippen LogP) is 1.43. The monoisotopic (exact) mass is 261 g/mol. The minimum absolute atomic E-state index is 0.124. The summed E-state index contributed by atoms with van der Waals surface area (Å²) in [7, 11) is 1.58. The first-order chi connectivity index (χ1) is 9.08. The number of carbonyl (C=O) groups is 1. The van der Waals surface area contributed by atoms with Gasteiger partial charge in [0.05, 0.1) is 17.9 Å². The molecule has 5 heteroatoms. The van der Waals surface area contributed by atoms with Crippen LogP contribution in [0.2, 0.25) is 0 Å². The molecule has 0 aliphatic rings. The van der Waals surface area contributed by atoms with Gasteiger partial charge in [0.15, 0.2) is 0 Å². The number of ether oxygens (including phenoxy) is 1. The summed E-state index contributed by atoms with van der Waals surface area (Å²) in [5.74, 6) is -0.124. The van der Waals surface area contributed by atoms with Crippen LogP contribution in [0.1, 0.15) is 18.1 Å². The lowest BCUT2D eigenvalue weighted by molar-refractivity contribution is -0.121. The summed E-state index contributed by atoms with van der Waals surface area (Å²) in [5, 5.41) is 14.8.